The quantitative estimate of drug-likeness (QED) is 0.782. The predicted molar refractivity (Wildman–Crippen MR) is 71.5 cm³/mol. The van der Waals surface area contributed by atoms with Crippen molar-refractivity contribution in [1.29, 1.82) is 0 Å². The molecule has 0 saturated carbocycles. The van der Waals surface area contributed by atoms with Crippen molar-refractivity contribution in [2.24, 2.45) is 0 Å². The molecule has 1 N–H and O–H groups in total. The topological polar surface area (TPSA) is 66.5 Å². The van der Waals surface area contributed by atoms with Crippen molar-refractivity contribution in [1.82, 2.24) is 10.2 Å². The Bertz CT molecular complexity index is 359. The molecule has 0 radical (unpaired) electrons. The Kier molecular flexibility index (Phi) is 5.31. The van der Waals surface area contributed by atoms with Crippen LogP contribution in [0.3, 0.4) is 0 Å². The lowest BCUT2D eigenvalue weighted by Gasteiger charge is -2.39. The maximum atomic E-state index is 12.2. The fourth-order valence-electron chi connectivity index (χ4n) is 2.11. The molecule has 1 saturated heterocycles. The maximum absolute atomic E-state index is 12.2. The summed E-state index contributed by atoms with van der Waals surface area (Å²) in [6.07, 6.45) is 2.79. The van der Waals surface area contributed by atoms with E-state index in [2.05, 4.69) is 5.32 Å². The molecule has 4 atom stereocenters. The van der Waals surface area contributed by atoms with Gasteiger partial charge in [0, 0.05) is 28.9 Å². The van der Waals surface area contributed by atoms with Crippen LogP contribution in [0.4, 0.5) is 0 Å². The minimum atomic E-state index is -0.994. The molecule has 1 aliphatic rings. The third kappa shape index (κ3) is 3.10. The van der Waals surface area contributed by atoms with E-state index in [0.29, 0.717) is 19.4 Å². The normalized spacial score (nSPS) is 27.9. The second kappa shape index (κ2) is 6.31. The van der Waals surface area contributed by atoms with Gasteiger partial charge in [-0.15, -0.1) is 0 Å². The van der Waals surface area contributed by atoms with Gasteiger partial charge in [-0.2, -0.15) is 0 Å². The molecule has 0 bridgehead atoms. The molecule has 0 aliphatic carbocycles. The summed E-state index contributed by atoms with van der Waals surface area (Å²) < 4.78 is 11.4. The zero-order chi connectivity index (χ0) is 13.9. The molecule has 5 nitrogen and oxygen atoms in total. The van der Waals surface area contributed by atoms with Crippen molar-refractivity contribution >= 4 is 22.6 Å². The van der Waals surface area contributed by atoms with E-state index in [1.165, 1.54) is 0 Å². The standard InChI is InChI=1S/C12H22N2O3S/c1-5-9-12(16)14(7-8(3)18(4)17)10(6-2)11(15)13-9/h8-10H,5-7H2,1-4H3,(H,13,15). The van der Waals surface area contributed by atoms with E-state index < -0.39 is 22.9 Å². The molecular formula is C12H22N2O3S. The number of piperazine rings is 1. The summed E-state index contributed by atoms with van der Waals surface area (Å²) in [5.74, 6) is -0.153. The van der Waals surface area contributed by atoms with Gasteiger partial charge in [0.2, 0.25) is 11.8 Å². The molecule has 104 valence electrons. The third-order valence-electron chi connectivity index (χ3n) is 3.39. The van der Waals surface area contributed by atoms with Gasteiger partial charge in [-0.1, -0.05) is 13.8 Å². The van der Waals surface area contributed by atoms with E-state index in [1.807, 2.05) is 20.8 Å². The summed E-state index contributed by atoms with van der Waals surface area (Å²) in [7, 11) is -0.994. The Hall–Kier alpha value is -0.910. The van der Waals surface area contributed by atoms with Crippen LogP contribution in [-0.2, 0) is 20.4 Å². The van der Waals surface area contributed by atoms with Crippen molar-refractivity contribution in [2.45, 2.75) is 50.9 Å². The van der Waals surface area contributed by atoms with Crippen molar-refractivity contribution < 1.29 is 13.8 Å². The van der Waals surface area contributed by atoms with Gasteiger partial charge in [-0.25, -0.2) is 0 Å². The second-order valence-electron chi connectivity index (χ2n) is 4.69. The van der Waals surface area contributed by atoms with Crippen LogP contribution in [0.25, 0.3) is 0 Å². The Morgan fingerprint density at radius 2 is 1.94 bits per heavy atom. The summed E-state index contributed by atoms with van der Waals surface area (Å²) in [6, 6.07) is -0.857. The first kappa shape index (κ1) is 15.1. The Labute approximate surface area is 111 Å². The highest BCUT2D eigenvalue weighted by Crippen LogP contribution is 2.16. The first-order valence-electron chi connectivity index (χ1n) is 6.35. The van der Waals surface area contributed by atoms with E-state index >= 15 is 0 Å². The lowest BCUT2D eigenvalue weighted by atomic mass is 10.0. The highest BCUT2D eigenvalue weighted by molar-refractivity contribution is 7.84. The summed E-state index contributed by atoms with van der Waals surface area (Å²) in [6.45, 7) is 5.97. The van der Waals surface area contributed by atoms with Gasteiger partial charge in [0.1, 0.15) is 12.1 Å². The smallest absolute Gasteiger partial charge is 0.245 e. The first-order valence-corrected chi connectivity index (χ1v) is 7.97. The van der Waals surface area contributed by atoms with E-state index in [0.717, 1.165) is 0 Å². The number of hydrogen-bond donors (Lipinski definition) is 1. The highest BCUT2D eigenvalue weighted by atomic mass is 32.2. The predicted octanol–water partition coefficient (Wildman–Crippen LogP) is 0.269. The Balaban J connectivity index is 2.89. The lowest BCUT2D eigenvalue weighted by Crippen LogP contribution is -2.64. The number of carbonyl (C=O) groups is 2. The Morgan fingerprint density at radius 3 is 2.39 bits per heavy atom. The fourth-order valence-corrected chi connectivity index (χ4v) is 2.48. The highest BCUT2D eigenvalue weighted by Gasteiger charge is 2.39. The molecule has 4 unspecified atom stereocenters. The largest absolute Gasteiger partial charge is 0.343 e. The summed E-state index contributed by atoms with van der Waals surface area (Å²) in [4.78, 5) is 25.8. The molecule has 18 heavy (non-hydrogen) atoms. The van der Waals surface area contributed by atoms with Crippen molar-refractivity contribution in [3.8, 4) is 0 Å². The van der Waals surface area contributed by atoms with Gasteiger partial charge in [0.15, 0.2) is 0 Å². The number of carbonyl (C=O) groups excluding carboxylic acids is 2. The van der Waals surface area contributed by atoms with Crippen molar-refractivity contribution in [3.63, 3.8) is 0 Å². The Morgan fingerprint density at radius 1 is 1.33 bits per heavy atom. The maximum Gasteiger partial charge on any atom is 0.245 e. The molecule has 6 heteroatoms. The summed E-state index contributed by atoms with van der Waals surface area (Å²) in [5.41, 5.74) is 0. The van der Waals surface area contributed by atoms with E-state index in [9.17, 15) is 13.8 Å². The summed E-state index contributed by atoms with van der Waals surface area (Å²) >= 11 is 0. The van der Waals surface area contributed by atoms with Gasteiger partial charge in [-0.3, -0.25) is 13.8 Å². The molecule has 0 spiro atoms. The van der Waals surface area contributed by atoms with Crippen LogP contribution in [0.15, 0.2) is 0 Å². The van der Waals surface area contributed by atoms with Crippen LogP contribution < -0.4 is 5.32 Å². The average molecular weight is 274 g/mol. The molecule has 1 aliphatic heterocycles. The zero-order valence-electron chi connectivity index (χ0n) is 11.4. The van der Waals surface area contributed by atoms with Crippen LogP contribution in [0, 0.1) is 0 Å². The molecule has 2 amide bonds. The minimum absolute atomic E-state index is 0.0544. The zero-order valence-corrected chi connectivity index (χ0v) is 12.3. The van der Waals surface area contributed by atoms with Crippen LogP contribution in [0.2, 0.25) is 0 Å². The van der Waals surface area contributed by atoms with Gasteiger partial charge in [-0.05, 0) is 19.8 Å². The molecule has 0 aromatic rings. The van der Waals surface area contributed by atoms with E-state index in [-0.39, 0.29) is 17.1 Å². The molecule has 0 aromatic carbocycles. The van der Waals surface area contributed by atoms with Crippen LogP contribution in [0.1, 0.15) is 33.6 Å². The fraction of sp³-hybridized carbons (Fsp3) is 0.833. The van der Waals surface area contributed by atoms with Gasteiger partial charge >= 0.3 is 0 Å². The number of nitrogens with one attached hydrogen (secondary N) is 1. The van der Waals surface area contributed by atoms with Crippen LogP contribution in [0.5, 0.6) is 0 Å². The monoisotopic (exact) mass is 274 g/mol. The van der Waals surface area contributed by atoms with Gasteiger partial charge in [0.05, 0.1) is 0 Å². The van der Waals surface area contributed by atoms with Crippen molar-refractivity contribution in [2.75, 3.05) is 12.8 Å². The number of amides is 2. The van der Waals surface area contributed by atoms with Crippen LogP contribution in [-0.4, -0.2) is 51.1 Å². The van der Waals surface area contributed by atoms with Crippen LogP contribution >= 0.6 is 0 Å². The minimum Gasteiger partial charge on any atom is -0.343 e. The molecule has 1 fully saturated rings. The molecule has 1 heterocycles. The van der Waals surface area contributed by atoms with E-state index in [1.54, 1.807) is 11.2 Å². The summed E-state index contributed by atoms with van der Waals surface area (Å²) in [5, 5.41) is 2.62. The van der Waals surface area contributed by atoms with Gasteiger partial charge < -0.3 is 10.2 Å². The second-order valence-corrected chi connectivity index (χ2v) is 6.50. The number of rotatable bonds is 5. The average Bonchev–Trinajstić information content (AvgIpc) is 2.33. The molecule has 0 aromatic heterocycles. The molecular weight excluding hydrogens is 252 g/mol. The van der Waals surface area contributed by atoms with Gasteiger partial charge in [0.25, 0.3) is 0 Å². The lowest BCUT2D eigenvalue weighted by molar-refractivity contribution is -0.149. The van der Waals surface area contributed by atoms with E-state index in [4.69, 9.17) is 0 Å². The molecule has 1 rings (SSSR count). The number of nitrogens with zero attached hydrogens (tertiary/aromatic N) is 1. The van der Waals surface area contributed by atoms with Crippen molar-refractivity contribution in [3.05, 3.63) is 0 Å². The SMILES string of the molecule is CCC1NC(=O)C(CC)N(CC(C)S(C)=O)C1=O. The third-order valence-corrected chi connectivity index (χ3v) is 4.67. The first-order chi connectivity index (χ1) is 8.42. The number of hydrogen-bond acceptors (Lipinski definition) is 3.